The molecular formula is C14H21N3O3S. The lowest BCUT2D eigenvalue weighted by Crippen LogP contribution is -2.34. The number of likely N-dealkylation sites (tertiary alicyclic amines) is 1. The minimum absolute atomic E-state index is 0.0606. The van der Waals surface area contributed by atoms with Crippen molar-refractivity contribution in [3.8, 4) is 0 Å². The largest absolute Gasteiger partial charge is 0.338 e. The lowest BCUT2D eigenvalue weighted by molar-refractivity contribution is 0.0778. The first-order valence-electron chi connectivity index (χ1n) is 6.80. The molecule has 0 bridgehead atoms. The Bertz CT molecular complexity index is 645. The van der Waals surface area contributed by atoms with Crippen LogP contribution >= 0.6 is 0 Å². The third kappa shape index (κ3) is 3.74. The van der Waals surface area contributed by atoms with Gasteiger partial charge in [-0.15, -0.1) is 0 Å². The van der Waals surface area contributed by atoms with Crippen molar-refractivity contribution in [1.82, 2.24) is 4.90 Å². The van der Waals surface area contributed by atoms with E-state index in [1.807, 2.05) is 0 Å². The van der Waals surface area contributed by atoms with Gasteiger partial charge in [-0.3, -0.25) is 9.52 Å². The summed E-state index contributed by atoms with van der Waals surface area (Å²) >= 11 is 0. The van der Waals surface area contributed by atoms with Gasteiger partial charge >= 0.3 is 0 Å². The van der Waals surface area contributed by atoms with Gasteiger partial charge in [-0.1, -0.05) is 19.1 Å². The van der Waals surface area contributed by atoms with Crippen molar-refractivity contribution in [2.45, 2.75) is 13.3 Å². The van der Waals surface area contributed by atoms with Gasteiger partial charge in [-0.2, -0.15) is 0 Å². The van der Waals surface area contributed by atoms with E-state index in [9.17, 15) is 13.2 Å². The molecule has 1 atom stereocenters. The number of carbonyl (C=O) groups excluding carboxylic acids is 1. The number of hydrogen-bond donors (Lipinski definition) is 2. The van der Waals surface area contributed by atoms with E-state index >= 15 is 0 Å². The number of benzene rings is 1. The minimum atomic E-state index is -3.42. The van der Waals surface area contributed by atoms with Gasteiger partial charge in [-0.25, -0.2) is 8.42 Å². The van der Waals surface area contributed by atoms with Crippen LogP contribution in [0.5, 0.6) is 0 Å². The van der Waals surface area contributed by atoms with Gasteiger partial charge in [0.2, 0.25) is 10.0 Å². The van der Waals surface area contributed by atoms with Gasteiger partial charge in [0, 0.05) is 13.1 Å². The van der Waals surface area contributed by atoms with Crippen LogP contribution in [0.4, 0.5) is 5.69 Å². The molecule has 0 radical (unpaired) electrons. The van der Waals surface area contributed by atoms with E-state index in [4.69, 9.17) is 5.73 Å². The maximum atomic E-state index is 12.6. The second kappa shape index (κ2) is 5.65. The van der Waals surface area contributed by atoms with E-state index in [0.29, 0.717) is 30.9 Å². The van der Waals surface area contributed by atoms with Crippen molar-refractivity contribution in [3.63, 3.8) is 0 Å². The van der Waals surface area contributed by atoms with Crippen LogP contribution < -0.4 is 10.5 Å². The number of nitrogens with one attached hydrogen (secondary N) is 1. The SMILES string of the molecule is CC1(CN)CCN(C(=O)c2ccccc2NS(C)(=O)=O)C1. The minimum Gasteiger partial charge on any atom is -0.338 e. The first-order valence-corrected chi connectivity index (χ1v) is 8.69. The Balaban J connectivity index is 2.25. The molecule has 7 heteroatoms. The molecule has 1 amide bonds. The smallest absolute Gasteiger partial charge is 0.256 e. The molecule has 2 rings (SSSR count). The van der Waals surface area contributed by atoms with E-state index in [0.717, 1.165) is 12.7 Å². The lowest BCUT2D eigenvalue weighted by atomic mass is 9.90. The molecule has 0 aromatic heterocycles. The number of amides is 1. The maximum absolute atomic E-state index is 12.6. The number of para-hydroxylation sites is 1. The van der Waals surface area contributed by atoms with Gasteiger partial charge in [0.25, 0.3) is 5.91 Å². The van der Waals surface area contributed by atoms with Crippen LogP contribution in [0.1, 0.15) is 23.7 Å². The van der Waals surface area contributed by atoms with Crippen molar-refractivity contribution in [2.24, 2.45) is 11.1 Å². The number of anilines is 1. The van der Waals surface area contributed by atoms with Gasteiger partial charge < -0.3 is 10.6 Å². The highest BCUT2D eigenvalue weighted by atomic mass is 32.2. The first kappa shape index (κ1) is 15.8. The summed E-state index contributed by atoms with van der Waals surface area (Å²) in [6, 6.07) is 6.64. The summed E-state index contributed by atoms with van der Waals surface area (Å²) in [5, 5.41) is 0. The number of nitrogens with zero attached hydrogens (tertiary/aromatic N) is 1. The van der Waals surface area contributed by atoms with Gasteiger partial charge in [0.05, 0.1) is 17.5 Å². The van der Waals surface area contributed by atoms with Gasteiger partial charge in [0.15, 0.2) is 0 Å². The van der Waals surface area contributed by atoms with E-state index in [1.54, 1.807) is 29.2 Å². The Morgan fingerprint density at radius 2 is 2.10 bits per heavy atom. The molecule has 0 spiro atoms. The van der Waals surface area contributed by atoms with E-state index in [1.165, 1.54) is 0 Å². The lowest BCUT2D eigenvalue weighted by Gasteiger charge is -2.23. The zero-order valence-electron chi connectivity index (χ0n) is 12.3. The normalized spacial score (nSPS) is 22.3. The quantitative estimate of drug-likeness (QED) is 0.863. The van der Waals surface area contributed by atoms with E-state index in [-0.39, 0.29) is 11.3 Å². The van der Waals surface area contributed by atoms with Crippen LogP contribution in [0, 0.1) is 5.41 Å². The van der Waals surface area contributed by atoms with Crippen molar-refractivity contribution < 1.29 is 13.2 Å². The van der Waals surface area contributed by atoms with Crippen LogP contribution in [0.3, 0.4) is 0 Å². The Hall–Kier alpha value is -1.60. The molecule has 6 nitrogen and oxygen atoms in total. The molecule has 21 heavy (non-hydrogen) atoms. The summed E-state index contributed by atoms with van der Waals surface area (Å²) in [5.41, 5.74) is 6.37. The molecule has 1 aromatic rings. The predicted octanol–water partition coefficient (Wildman–Crippen LogP) is 0.869. The van der Waals surface area contributed by atoms with Crippen molar-refractivity contribution in [1.29, 1.82) is 0 Å². The molecule has 1 saturated heterocycles. The molecule has 0 saturated carbocycles. The summed E-state index contributed by atoms with van der Waals surface area (Å²) in [6.45, 7) is 3.82. The summed E-state index contributed by atoms with van der Waals surface area (Å²) in [6.07, 6.45) is 1.92. The molecule has 1 aliphatic heterocycles. The third-order valence-corrected chi connectivity index (χ3v) is 4.38. The van der Waals surface area contributed by atoms with Crippen LogP contribution in [0.15, 0.2) is 24.3 Å². The average molecular weight is 311 g/mol. The molecule has 0 aliphatic carbocycles. The number of hydrogen-bond acceptors (Lipinski definition) is 4. The number of carbonyl (C=O) groups is 1. The van der Waals surface area contributed by atoms with Crippen LogP contribution in [-0.4, -0.2) is 45.1 Å². The fraction of sp³-hybridized carbons (Fsp3) is 0.500. The molecule has 1 fully saturated rings. The Morgan fingerprint density at radius 3 is 2.67 bits per heavy atom. The molecule has 1 aliphatic rings. The molecule has 1 unspecified atom stereocenters. The van der Waals surface area contributed by atoms with E-state index in [2.05, 4.69) is 11.6 Å². The van der Waals surface area contributed by atoms with Crippen molar-refractivity contribution >= 4 is 21.6 Å². The highest BCUT2D eigenvalue weighted by Crippen LogP contribution is 2.30. The monoisotopic (exact) mass is 311 g/mol. The highest BCUT2D eigenvalue weighted by Gasteiger charge is 2.35. The molecule has 116 valence electrons. The van der Waals surface area contributed by atoms with Crippen LogP contribution in [0.25, 0.3) is 0 Å². The Kier molecular flexibility index (Phi) is 4.25. The van der Waals surface area contributed by atoms with Gasteiger partial charge in [-0.05, 0) is 30.5 Å². The Morgan fingerprint density at radius 1 is 1.43 bits per heavy atom. The number of rotatable bonds is 4. The summed E-state index contributed by atoms with van der Waals surface area (Å²) < 4.78 is 25.2. The maximum Gasteiger partial charge on any atom is 0.256 e. The summed E-state index contributed by atoms with van der Waals surface area (Å²) in [4.78, 5) is 14.3. The van der Waals surface area contributed by atoms with E-state index < -0.39 is 10.0 Å². The molecule has 3 N–H and O–H groups in total. The topological polar surface area (TPSA) is 92.5 Å². The zero-order chi connectivity index (χ0) is 15.7. The molecule has 1 heterocycles. The second-order valence-corrected chi connectivity index (χ2v) is 7.66. The fourth-order valence-electron chi connectivity index (χ4n) is 2.49. The zero-order valence-corrected chi connectivity index (χ0v) is 13.1. The highest BCUT2D eigenvalue weighted by molar-refractivity contribution is 7.92. The molecule has 1 aromatic carbocycles. The average Bonchev–Trinajstić information content (AvgIpc) is 2.80. The number of sulfonamides is 1. The van der Waals surface area contributed by atoms with Crippen molar-refractivity contribution in [2.75, 3.05) is 30.6 Å². The molecular weight excluding hydrogens is 290 g/mol. The predicted molar refractivity (Wildman–Crippen MR) is 82.6 cm³/mol. The van der Waals surface area contributed by atoms with Crippen LogP contribution in [0.2, 0.25) is 0 Å². The standard InChI is InChI=1S/C14H21N3O3S/c1-14(9-15)7-8-17(10-14)13(18)11-5-3-4-6-12(11)16-21(2,19)20/h3-6,16H,7-10,15H2,1-2H3. The third-order valence-electron chi connectivity index (χ3n) is 3.79. The van der Waals surface area contributed by atoms with Crippen LogP contribution in [-0.2, 0) is 10.0 Å². The van der Waals surface area contributed by atoms with Gasteiger partial charge in [0.1, 0.15) is 0 Å². The number of nitrogens with two attached hydrogens (primary N) is 1. The Labute approximate surface area is 125 Å². The fourth-order valence-corrected chi connectivity index (χ4v) is 3.07. The first-order chi connectivity index (χ1) is 9.74. The van der Waals surface area contributed by atoms with Crippen molar-refractivity contribution in [3.05, 3.63) is 29.8 Å². The summed E-state index contributed by atoms with van der Waals surface area (Å²) in [7, 11) is -3.42. The summed E-state index contributed by atoms with van der Waals surface area (Å²) in [5.74, 6) is -0.168. The second-order valence-electron chi connectivity index (χ2n) is 5.91.